The number of rotatable bonds is 0. The van der Waals surface area contributed by atoms with Crippen molar-refractivity contribution < 1.29 is 0 Å². The molecule has 0 unspecified atom stereocenters. The third-order valence-electron chi connectivity index (χ3n) is 5.95. The summed E-state index contributed by atoms with van der Waals surface area (Å²) < 4.78 is 0. The normalized spacial score (nSPS) is 14.5. The lowest BCUT2D eigenvalue weighted by molar-refractivity contribution is 1.08. The zero-order chi connectivity index (χ0) is 17.1. The number of aryl methyl sites for hydroxylation is 1. The van der Waals surface area contributed by atoms with E-state index in [4.69, 9.17) is 0 Å². The molecular weight excluding hydrogens is 312 g/mol. The Kier molecular flexibility index (Phi) is 2.81. The first-order valence-corrected chi connectivity index (χ1v) is 9.35. The Balaban J connectivity index is 1.76. The Bertz CT molecular complexity index is 1180. The van der Waals surface area contributed by atoms with Crippen LogP contribution in [0.2, 0.25) is 0 Å². The monoisotopic (exact) mass is 330 g/mol. The highest BCUT2D eigenvalue weighted by Crippen LogP contribution is 2.51. The fourth-order valence-electron chi connectivity index (χ4n) is 4.86. The van der Waals surface area contributed by atoms with Gasteiger partial charge in [0, 0.05) is 0 Å². The molecule has 0 spiro atoms. The highest BCUT2D eigenvalue weighted by molar-refractivity contribution is 6.14. The van der Waals surface area contributed by atoms with Crippen LogP contribution < -0.4 is 0 Å². The number of hydrogen-bond acceptors (Lipinski definition) is 0. The van der Waals surface area contributed by atoms with Gasteiger partial charge in [-0.2, -0.15) is 0 Å². The molecular formula is C26H18. The second-order valence-electron chi connectivity index (χ2n) is 7.27. The fourth-order valence-corrected chi connectivity index (χ4v) is 4.86. The van der Waals surface area contributed by atoms with Crippen LogP contribution in [-0.4, -0.2) is 0 Å². The van der Waals surface area contributed by atoms with Crippen molar-refractivity contribution in [3.8, 4) is 11.1 Å². The summed E-state index contributed by atoms with van der Waals surface area (Å²) in [5.74, 6) is 0. The molecule has 2 aliphatic rings. The van der Waals surface area contributed by atoms with Crippen molar-refractivity contribution in [2.75, 3.05) is 0 Å². The zero-order valence-electron chi connectivity index (χ0n) is 14.5. The van der Waals surface area contributed by atoms with E-state index < -0.39 is 0 Å². The van der Waals surface area contributed by atoms with Crippen LogP contribution in [0.5, 0.6) is 0 Å². The zero-order valence-corrected chi connectivity index (χ0v) is 14.5. The summed E-state index contributed by atoms with van der Waals surface area (Å²) in [6.07, 6.45) is 2.27. The third-order valence-corrected chi connectivity index (χ3v) is 5.95. The third kappa shape index (κ3) is 1.79. The lowest BCUT2D eigenvalue weighted by Crippen LogP contribution is -1.90. The summed E-state index contributed by atoms with van der Waals surface area (Å²) in [5, 5.41) is 2.73. The summed E-state index contributed by atoms with van der Waals surface area (Å²) in [5.41, 5.74) is 11.5. The van der Waals surface area contributed by atoms with Crippen molar-refractivity contribution in [3.63, 3.8) is 0 Å². The topological polar surface area (TPSA) is 0 Å². The number of allylic oxidation sites excluding steroid dienone is 1. The van der Waals surface area contributed by atoms with Crippen molar-refractivity contribution in [3.05, 3.63) is 107 Å². The number of fused-ring (bicyclic) bond motifs is 6. The predicted molar refractivity (Wildman–Crippen MR) is 110 cm³/mol. The molecule has 122 valence electrons. The molecule has 6 rings (SSSR count). The standard InChI is InChI=1S/C26H18/c1-2-8-19-17(7-1)13-14-18-15-16-24(25(18)19)26-22-11-5-3-9-20(22)21-10-4-6-12-23(21)26/h1-14H,15-16H2. The number of hydrogen-bond donors (Lipinski definition) is 0. The molecule has 0 fully saturated rings. The molecule has 0 atom stereocenters. The largest absolute Gasteiger partial charge is 0.0616 e. The van der Waals surface area contributed by atoms with Gasteiger partial charge in [-0.1, -0.05) is 84.9 Å². The van der Waals surface area contributed by atoms with E-state index in [1.165, 1.54) is 55.3 Å². The fraction of sp³-hybridized carbons (Fsp3) is 0.0769. The molecule has 0 radical (unpaired) electrons. The van der Waals surface area contributed by atoms with Crippen molar-refractivity contribution in [1.29, 1.82) is 0 Å². The summed E-state index contributed by atoms with van der Waals surface area (Å²) in [6.45, 7) is 0. The summed E-state index contributed by atoms with van der Waals surface area (Å²) in [4.78, 5) is 0. The van der Waals surface area contributed by atoms with Gasteiger partial charge in [0.1, 0.15) is 0 Å². The predicted octanol–water partition coefficient (Wildman–Crippen LogP) is 6.73. The second kappa shape index (κ2) is 5.19. The maximum absolute atomic E-state index is 2.33. The first-order chi connectivity index (χ1) is 12.9. The molecule has 0 aliphatic heterocycles. The smallest absolute Gasteiger partial charge is 0.00604 e. The second-order valence-corrected chi connectivity index (χ2v) is 7.27. The van der Waals surface area contributed by atoms with Gasteiger partial charge < -0.3 is 0 Å². The van der Waals surface area contributed by atoms with Crippen LogP contribution in [-0.2, 0) is 6.42 Å². The molecule has 0 saturated carbocycles. The molecule has 0 heterocycles. The van der Waals surface area contributed by atoms with E-state index >= 15 is 0 Å². The maximum atomic E-state index is 2.33. The minimum Gasteiger partial charge on any atom is -0.0616 e. The Hall–Kier alpha value is -3.12. The van der Waals surface area contributed by atoms with Gasteiger partial charge in [-0.3, -0.25) is 0 Å². The first kappa shape index (κ1) is 14.1. The first-order valence-electron chi connectivity index (χ1n) is 9.35. The minimum absolute atomic E-state index is 1.13. The molecule has 4 aromatic rings. The van der Waals surface area contributed by atoms with Gasteiger partial charge >= 0.3 is 0 Å². The Labute approximate surface area is 153 Å². The Morgan fingerprint density at radius 3 is 1.85 bits per heavy atom. The summed E-state index contributed by atoms with van der Waals surface area (Å²) >= 11 is 0. The molecule has 2 aliphatic carbocycles. The molecule has 26 heavy (non-hydrogen) atoms. The van der Waals surface area contributed by atoms with Crippen LogP contribution >= 0.6 is 0 Å². The van der Waals surface area contributed by atoms with Crippen molar-refractivity contribution in [2.45, 2.75) is 12.8 Å². The highest BCUT2D eigenvalue weighted by atomic mass is 14.3. The summed E-state index contributed by atoms with van der Waals surface area (Å²) in [6, 6.07) is 31.2. The number of benzene rings is 4. The van der Waals surface area contributed by atoms with Crippen molar-refractivity contribution >= 4 is 21.9 Å². The quantitative estimate of drug-likeness (QED) is 0.295. The molecule has 0 amide bonds. The van der Waals surface area contributed by atoms with E-state index in [1.54, 1.807) is 0 Å². The van der Waals surface area contributed by atoms with Gasteiger partial charge in [-0.25, -0.2) is 0 Å². The molecule has 0 aromatic heterocycles. The van der Waals surface area contributed by atoms with E-state index in [-0.39, 0.29) is 0 Å². The van der Waals surface area contributed by atoms with Crippen LogP contribution in [0, 0.1) is 0 Å². The van der Waals surface area contributed by atoms with Crippen molar-refractivity contribution in [1.82, 2.24) is 0 Å². The molecule has 0 heteroatoms. The van der Waals surface area contributed by atoms with Gasteiger partial charge in [-0.05, 0) is 68.1 Å². The van der Waals surface area contributed by atoms with Crippen LogP contribution in [0.1, 0.15) is 28.7 Å². The van der Waals surface area contributed by atoms with E-state index in [2.05, 4.69) is 84.9 Å². The van der Waals surface area contributed by atoms with E-state index in [9.17, 15) is 0 Å². The minimum atomic E-state index is 1.13. The summed E-state index contributed by atoms with van der Waals surface area (Å²) in [7, 11) is 0. The van der Waals surface area contributed by atoms with Gasteiger partial charge in [0.05, 0.1) is 0 Å². The van der Waals surface area contributed by atoms with Crippen LogP contribution in [0.15, 0.2) is 84.9 Å². The van der Waals surface area contributed by atoms with Gasteiger partial charge in [0.15, 0.2) is 0 Å². The van der Waals surface area contributed by atoms with Crippen LogP contribution in [0.3, 0.4) is 0 Å². The molecule has 0 N–H and O–H groups in total. The maximum Gasteiger partial charge on any atom is -0.00604 e. The SMILES string of the molecule is c1ccc2c(c1)C(=C1CCc3ccc4ccccc4c31)c1ccccc1-2. The highest BCUT2D eigenvalue weighted by Gasteiger charge is 2.29. The van der Waals surface area contributed by atoms with Crippen LogP contribution in [0.4, 0.5) is 0 Å². The Morgan fingerprint density at radius 1 is 0.500 bits per heavy atom. The molecule has 0 saturated heterocycles. The van der Waals surface area contributed by atoms with Gasteiger partial charge in [0.25, 0.3) is 0 Å². The molecule has 4 aromatic carbocycles. The lowest BCUT2D eigenvalue weighted by atomic mass is 9.91. The van der Waals surface area contributed by atoms with Crippen LogP contribution in [0.25, 0.3) is 33.0 Å². The molecule has 0 nitrogen and oxygen atoms in total. The van der Waals surface area contributed by atoms with E-state index in [1.807, 2.05) is 0 Å². The van der Waals surface area contributed by atoms with E-state index in [0.717, 1.165) is 12.8 Å². The lowest BCUT2D eigenvalue weighted by Gasteiger charge is -2.12. The average molecular weight is 330 g/mol. The van der Waals surface area contributed by atoms with E-state index in [0.29, 0.717) is 0 Å². The molecule has 0 bridgehead atoms. The average Bonchev–Trinajstić information content (AvgIpc) is 3.27. The van der Waals surface area contributed by atoms with Crippen molar-refractivity contribution in [2.24, 2.45) is 0 Å². The van der Waals surface area contributed by atoms with Gasteiger partial charge in [0.2, 0.25) is 0 Å². The van der Waals surface area contributed by atoms with Gasteiger partial charge in [-0.15, -0.1) is 0 Å². The Morgan fingerprint density at radius 2 is 1.12 bits per heavy atom.